The van der Waals surface area contributed by atoms with Crippen LogP contribution in [0.5, 0.6) is 5.75 Å². The number of nitrogens with zero attached hydrogens (tertiary/aromatic N) is 1. The van der Waals surface area contributed by atoms with Gasteiger partial charge in [-0.2, -0.15) is 5.26 Å². The number of para-hydroxylation sites is 2. The van der Waals surface area contributed by atoms with Crippen molar-refractivity contribution in [3.63, 3.8) is 0 Å². The Morgan fingerprint density at radius 2 is 1.74 bits per heavy atom. The zero-order chi connectivity index (χ0) is 27.9. The van der Waals surface area contributed by atoms with Gasteiger partial charge in [0.1, 0.15) is 5.75 Å². The third-order valence-corrected chi connectivity index (χ3v) is 7.69. The number of methoxy groups -OCH3 is 1. The lowest BCUT2D eigenvalue weighted by molar-refractivity contribution is -0.114. The molecule has 1 heterocycles. The normalized spacial score (nSPS) is 14.8. The van der Waals surface area contributed by atoms with Crippen LogP contribution in [0, 0.1) is 11.3 Å². The molecular weight excluding hydrogens is 555 g/mol. The lowest BCUT2D eigenvalue weighted by Gasteiger charge is -2.30. The van der Waals surface area contributed by atoms with E-state index in [0.717, 1.165) is 5.56 Å². The first-order valence-corrected chi connectivity index (χ1v) is 13.6. The number of allylic oxidation sites excluding steroid dienone is 2. The van der Waals surface area contributed by atoms with E-state index in [9.17, 15) is 14.9 Å². The van der Waals surface area contributed by atoms with Gasteiger partial charge in [0.2, 0.25) is 5.91 Å². The number of halogens is 2. The Kier molecular flexibility index (Phi) is 9.20. The molecule has 0 bridgehead atoms. The minimum Gasteiger partial charge on any atom is -0.495 e. The topological polar surface area (TPSA) is 103 Å². The lowest BCUT2D eigenvalue weighted by Crippen LogP contribution is -2.31. The summed E-state index contributed by atoms with van der Waals surface area (Å²) in [5.41, 5.74) is 3.10. The maximum Gasteiger partial charge on any atom is 0.254 e. The van der Waals surface area contributed by atoms with Crippen molar-refractivity contribution in [3.05, 3.63) is 110 Å². The van der Waals surface area contributed by atoms with Crippen molar-refractivity contribution in [2.45, 2.75) is 12.8 Å². The van der Waals surface area contributed by atoms with E-state index in [0.29, 0.717) is 49.0 Å². The Hall–Kier alpha value is -3.90. The summed E-state index contributed by atoms with van der Waals surface area (Å²) in [6, 6.07) is 23.5. The second kappa shape index (κ2) is 12.8. The van der Waals surface area contributed by atoms with Gasteiger partial charge in [0.05, 0.1) is 51.2 Å². The molecular formula is C29H24Cl2N4O3S. The molecule has 1 atom stereocenters. The van der Waals surface area contributed by atoms with Crippen molar-refractivity contribution in [2.75, 3.05) is 23.5 Å². The van der Waals surface area contributed by atoms with Crippen molar-refractivity contribution in [2.24, 2.45) is 0 Å². The second-order valence-electron chi connectivity index (χ2n) is 8.48. The fourth-order valence-corrected chi connectivity index (χ4v) is 5.34. The second-order valence-corrected chi connectivity index (χ2v) is 10.3. The van der Waals surface area contributed by atoms with E-state index in [1.54, 1.807) is 43.3 Å². The number of amides is 2. The molecule has 0 saturated heterocycles. The summed E-state index contributed by atoms with van der Waals surface area (Å²) >= 11 is 13.2. The van der Waals surface area contributed by atoms with Crippen LogP contribution in [0.25, 0.3) is 0 Å². The molecule has 198 valence electrons. The smallest absolute Gasteiger partial charge is 0.254 e. The number of benzene rings is 3. The Labute approximate surface area is 240 Å². The van der Waals surface area contributed by atoms with Gasteiger partial charge >= 0.3 is 0 Å². The molecule has 2 amide bonds. The average molecular weight is 580 g/mol. The zero-order valence-corrected chi connectivity index (χ0v) is 23.4. The van der Waals surface area contributed by atoms with Crippen LogP contribution in [0.3, 0.4) is 0 Å². The van der Waals surface area contributed by atoms with Crippen LogP contribution in [0.2, 0.25) is 10.0 Å². The molecule has 3 N–H and O–H groups in total. The molecule has 0 saturated carbocycles. The number of nitrogens with one attached hydrogen (secondary N) is 3. The predicted octanol–water partition coefficient (Wildman–Crippen LogP) is 6.71. The van der Waals surface area contributed by atoms with E-state index in [2.05, 4.69) is 22.0 Å². The molecule has 0 radical (unpaired) electrons. The number of carbonyl (C=O) groups is 2. The Balaban J connectivity index is 1.61. The number of anilines is 2. The van der Waals surface area contributed by atoms with Crippen LogP contribution in [0.4, 0.5) is 11.4 Å². The minimum atomic E-state index is -0.646. The number of rotatable bonds is 8. The average Bonchev–Trinajstić information content (AvgIpc) is 2.94. The molecule has 1 aliphatic rings. The molecule has 3 aromatic rings. The highest BCUT2D eigenvalue weighted by Crippen LogP contribution is 2.41. The summed E-state index contributed by atoms with van der Waals surface area (Å²) in [5, 5.41) is 20.4. The van der Waals surface area contributed by atoms with Gasteiger partial charge in [-0.25, -0.2) is 0 Å². The summed E-state index contributed by atoms with van der Waals surface area (Å²) in [6.45, 7) is 1.78. The molecule has 1 unspecified atom stereocenters. The Bertz CT molecular complexity index is 1520. The molecule has 0 spiro atoms. The Morgan fingerprint density at radius 3 is 2.44 bits per heavy atom. The number of ether oxygens (including phenoxy) is 1. The van der Waals surface area contributed by atoms with Gasteiger partial charge in [-0.1, -0.05) is 77.4 Å². The van der Waals surface area contributed by atoms with Crippen molar-refractivity contribution >= 4 is 58.2 Å². The summed E-state index contributed by atoms with van der Waals surface area (Å²) in [5.74, 6) is -0.766. The van der Waals surface area contributed by atoms with E-state index in [4.69, 9.17) is 27.9 Å². The Morgan fingerprint density at radius 1 is 1.03 bits per heavy atom. The van der Waals surface area contributed by atoms with Crippen LogP contribution in [-0.4, -0.2) is 24.7 Å². The molecule has 7 nitrogen and oxygen atoms in total. The van der Waals surface area contributed by atoms with Gasteiger partial charge in [0, 0.05) is 17.0 Å². The van der Waals surface area contributed by atoms with Gasteiger partial charge in [-0.05, 0) is 42.8 Å². The number of dihydropyridines is 1. The monoisotopic (exact) mass is 578 g/mol. The van der Waals surface area contributed by atoms with Gasteiger partial charge < -0.3 is 20.7 Å². The summed E-state index contributed by atoms with van der Waals surface area (Å²) in [4.78, 5) is 26.3. The van der Waals surface area contributed by atoms with Crippen molar-refractivity contribution in [1.29, 1.82) is 5.26 Å². The van der Waals surface area contributed by atoms with E-state index in [1.807, 2.05) is 36.4 Å². The summed E-state index contributed by atoms with van der Waals surface area (Å²) < 4.78 is 5.38. The van der Waals surface area contributed by atoms with Crippen LogP contribution in [0.15, 0.2) is 94.7 Å². The highest BCUT2D eigenvalue weighted by molar-refractivity contribution is 8.03. The van der Waals surface area contributed by atoms with Gasteiger partial charge in [0.25, 0.3) is 5.91 Å². The van der Waals surface area contributed by atoms with Crippen LogP contribution in [-0.2, 0) is 9.59 Å². The lowest BCUT2D eigenvalue weighted by atomic mass is 9.82. The third kappa shape index (κ3) is 6.58. The molecule has 0 aromatic heterocycles. The van der Waals surface area contributed by atoms with Crippen molar-refractivity contribution in [3.8, 4) is 11.8 Å². The molecule has 10 heteroatoms. The van der Waals surface area contributed by atoms with Gasteiger partial charge in [0.15, 0.2) is 0 Å². The summed E-state index contributed by atoms with van der Waals surface area (Å²) in [7, 11) is 1.53. The molecule has 0 aliphatic carbocycles. The fraction of sp³-hybridized carbons (Fsp3) is 0.138. The maximum absolute atomic E-state index is 13.6. The van der Waals surface area contributed by atoms with E-state index in [1.165, 1.54) is 18.9 Å². The van der Waals surface area contributed by atoms with E-state index >= 15 is 0 Å². The maximum atomic E-state index is 13.6. The first-order valence-electron chi connectivity index (χ1n) is 11.8. The molecule has 0 fully saturated rings. The fourth-order valence-electron chi connectivity index (χ4n) is 4.15. The van der Waals surface area contributed by atoms with E-state index in [-0.39, 0.29) is 17.6 Å². The van der Waals surface area contributed by atoms with Crippen LogP contribution in [0.1, 0.15) is 18.4 Å². The van der Waals surface area contributed by atoms with Crippen molar-refractivity contribution in [1.82, 2.24) is 5.32 Å². The quantitative estimate of drug-likeness (QED) is 0.274. The van der Waals surface area contributed by atoms with Gasteiger partial charge in [-0.3, -0.25) is 9.59 Å². The molecule has 3 aromatic carbocycles. The zero-order valence-electron chi connectivity index (χ0n) is 21.0. The number of thioether (sulfide) groups is 1. The number of hydrogen-bond donors (Lipinski definition) is 3. The first-order chi connectivity index (χ1) is 18.8. The first kappa shape index (κ1) is 28.1. The van der Waals surface area contributed by atoms with E-state index < -0.39 is 5.92 Å². The summed E-state index contributed by atoms with van der Waals surface area (Å²) in [6.07, 6.45) is 0. The van der Waals surface area contributed by atoms with Gasteiger partial charge in [-0.15, -0.1) is 0 Å². The SMILES string of the molecule is COc1ccccc1NC(=O)C1=C(C)NC(SCC(=O)Nc2ccc(Cl)c(Cl)c2)=C(C#N)C1c1ccccc1. The molecule has 39 heavy (non-hydrogen) atoms. The van der Waals surface area contributed by atoms with Crippen LogP contribution >= 0.6 is 35.0 Å². The third-order valence-electron chi connectivity index (χ3n) is 5.93. The standard InChI is InChI=1S/C29H24Cl2N4O3S/c1-17-26(28(37)35-23-10-6-7-11-24(23)38-2)27(18-8-4-3-5-9-18)20(15-32)29(33-17)39-16-25(36)34-19-12-13-21(30)22(31)14-19/h3-14,27,33H,16H2,1-2H3,(H,34,36)(H,35,37). The predicted molar refractivity (Wildman–Crippen MR) is 157 cm³/mol. The highest BCUT2D eigenvalue weighted by Gasteiger charge is 2.35. The number of carbonyl (C=O) groups excluding carboxylic acids is 2. The highest BCUT2D eigenvalue weighted by atomic mass is 35.5. The molecule has 4 rings (SSSR count). The van der Waals surface area contributed by atoms with Crippen molar-refractivity contribution < 1.29 is 14.3 Å². The molecule has 1 aliphatic heterocycles. The largest absolute Gasteiger partial charge is 0.495 e. The van der Waals surface area contributed by atoms with Crippen LogP contribution < -0.4 is 20.7 Å². The number of hydrogen-bond acceptors (Lipinski definition) is 6. The minimum absolute atomic E-state index is 0.0191. The number of nitriles is 1.